The van der Waals surface area contributed by atoms with Crippen LogP contribution in [0.1, 0.15) is 73.2 Å². The van der Waals surface area contributed by atoms with E-state index in [0.717, 1.165) is 24.0 Å². The van der Waals surface area contributed by atoms with Crippen molar-refractivity contribution < 1.29 is 44.3 Å². The van der Waals surface area contributed by atoms with Gasteiger partial charge < -0.3 is 35.6 Å². The topological polar surface area (TPSA) is 177 Å². The number of nitrogens with two attached hydrogens (primary N) is 1. The molecule has 0 aromatic heterocycles. The number of phenolic OH excluding ortho intramolecular Hbond substituents is 1. The number of Topliss-reactive ketones (excluding diaryl/α,β-unsaturated/α-hetero) is 2. The molecular weight excluding hydrogens is 530 g/mol. The maximum atomic E-state index is 14.3. The minimum Gasteiger partial charge on any atom is -0.511 e. The summed E-state index contributed by atoms with van der Waals surface area (Å²) < 4.78 is 11.6. The van der Waals surface area contributed by atoms with Crippen molar-refractivity contribution in [3.63, 3.8) is 0 Å². The van der Waals surface area contributed by atoms with E-state index in [-0.39, 0.29) is 33.4 Å². The lowest BCUT2D eigenvalue weighted by Crippen LogP contribution is -2.61. The van der Waals surface area contributed by atoms with Crippen molar-refractivity contribution in [2.45, 2.75) is 63.6 Å². The van der Waals surface area contributed by atoms with E-state index in [4.69, 9.17) is 15.2 Å². The van der Waals surface area contributed by atoms with Crippen LogP contribution in [0.2, 0.25) is 0 Å². The Kier molecular flexibility index (Phi) is 5.54. The Balaban J connectivity index is 1.77. The molecule has 0 radical (unpaired) electrons. The maximum absolute atomic E-state index is 14.3. The number of aromatic hydroxyl groups is 1. The number of phenols is 1. The number of primary amides is 1. The second-order valence-electron chi connectivity index (χ2n) is 12.3. The van der Waals surface area contributed by atoms with Gasteiger partial charge in [-0.05, 0) is 42.7 Å². The van der Waals surface area contributed by atoms with Gasteiger partial charge in [0, 0.05) is 34.8 Å². The summed E-state index contributed by atoms with van der Waals surface area (Å²) in [7, 11) is 2.81. The summed E-state index contributed by atoms with van der Waals surface area (Å²) in [6.45, 7) is 6.36. The minimum absolute atomic E-state index is 0.115. The number of amides is 1. The van der Waals surface area contributed by atoms with Crippen LogP contribution in [0.4, 0.5) is 0 Å². The van der Waals surface area contributed by atoms with Gasteiger partial charge in [0.05, 0.1) is 31.3 Å². The zero-order valence-electron chi connectivity index (χ0n) is 23.5. The molecule has 0 saturated heterocycles. The van der Waals surface area contributed by atoms with Crippen LogP contribution >= 0.6 is 0 Å². The number of rotatable bonds is 3. The van der Waals surface area contributed by atoms with Crippen molar-refractivity contribution in [1.29, 1.82) is 0 Å². The Labute approximate surface area is 236 Å². The number of benzene rings is 2. The molecule has 1 amide bonds. The molecule has 0 unspecified atom stereocenters. The fraction of sp³-hybridized carbons (Fsp3) is 0.452. The van der Waals surface area contributed by atoms with Crippen molar-refractivity contribution >= 4 is 28.2 Å². The van der Waals surface area contributed by atoms with Crippen LogP contribution in [-0.4, -0.2) is 57.7 Å². The Morgan fingerprint density at radius 2 is 1.78 bits per heavy atom. The van der Waals surface area contributed by atoms with E-state index in [1.807, 2.05) is 6.92 Å². The molecule has 41 heavy (non-hydrogen) atoms. The summed E-state index contributed by atoms with van der Waals surface area (Å²) in [5, 5.41) is 46.3. The van der Waals surface area contributed by atoms with Gasteiger partial charge in [0.2, 0.25) is 11.6 Å². The smallest absolute Gasteiger partial charge is 0.255 e. The number of carbonyl (C=O) groups is 3. The number of hydrogen-bond donors (Lipinski definition) is 5. The minimum atomic E-state index is -2.89. The molecule has 4 atom stereocenters. The van der Waals surface area contributed by atoms with Gasteiger partial charge in [-0.1, -0.05) is 25.5 Å². The van der Waals surface area contributed by atoms with Gasteiger partial charge in [0.15, 0.2) is 5.60 Å². The normalized spacial score (nSPS) is 29.9. The molecule has 10 nitrogen and oxygen atoms in total. The van der Waals surface area contributed by atoms with Gasteiger partial charge in [0.25, 0.3) is 5.91 Å². The number of ether oxygens (including phenoxy) is 2. The largest absolute Gasteiger partial charge is 0.511 e. The Morgan fingerprint density at radius 1 is 1.10 bits per heavy atom. The predicted octanol–water partition coefficient (Wildman–Crippen LogP) is 2.97. The molecule has 6 rings (SSSR count). The lowest BCUT2D eigenvalue weighted by molar-refractivity contribution is -0.143. The highest BCUT2D eigenvalue weighted by Gasteiger charge is 2.64. The van der Waals surface area contributed by atoms with Crippen molar-refractivity contribution in [1.82, 2.24) is 0 Å². The van der Waals surface area contributed by atoms with Gasteiger partial charge in [-0.3, -0.25) is 14.4 Å². The van der Waals surface area contributed by atoms with Crippen molar-refractivity contribution in [2.24, 2.45) is 17.1 Å². The Hall–Kier alpha value is -3.89. The second kappa shape index (κ2) is 8.33. The number of aliphatic hydroxyl groups excluding tert-OH is 2. The predicted molar refractivity (Wildman–Crippen MR) is 147 cm³/mol. The summed E-state index contributed by atoms with van der Waals surface area (Å²) >= 11 is 0. The zero-order valence-corrected chi connectivity index (χ0v) is 23.5. The van der Waals surface area contributed by atoms with Gasteiger partial charge >= 0.3 is 0 Å². The maximum Gasteiger partial charge on any atom is 0.255 e. The summed E-state index contributed by atoms with van der Waals surface area (Å²) in [6.07, 6.45) is 2.09. The summed E-state index contributed by atoms with van der Waals surface area (Å²) in [6, 6.07) is 1.47. The number of fused-ring (bicyclic) bond motifs is 4. The molecule has 10 heteroatoms. The summed E-state index contributed by atoms with van der Waals surface area (Å²) in [4.78, 5) is 39.7. The molecule has 0 heterocycles. The summed E-state index contributed by atoms with van der Waals surface area (Å²) in [5.74, 6) is -5.86. The van der Waals surface area contributed by atoms with Gasteiger partial charge in [-0.25, -0.2) is 0 Å². The lowest BCUT2D eigenvalue weighted by atomic mass is 9.54. The van der Waals surface area contributed by atoms with E-state index in [2.05, 4.69) is 19.9 Å². The molecule has 1 spiro atoms. The fourth-order valence-electron chi connectivity index (χ4n) is 8.28. The number of aliphatic hydroxyl groups is 3. The molecule has 216 valence electrons. The van der Waals surface area contributed by atoms with Crippen molar-refractivity contribution in [3.8, 4) is 17.2 Å². The average molecular weight is 564 g/mol. The molecular formula is C31H33NO9. The van der Waals surface area contributed by atoms with Crippen LogP contribution in [0.3, 0.4) is 0 Å². The van der Waals surface area contributed by atoms with E-state index >= 15 is 0 Å². The second-order valence-corrected chi connectivity index (χ2v) is 12.3. The molecule has 2 aromatic carbocycles. The average Bonchev–Trinajstić information content (AvgIpc) is 3.27. The first kappa shape index (κ1) is 27.3. The number of ketones is 2. The first-order chi connectivity index (χ1) is 19.2. The molecule has 0 bridgehead atoms. The standard InChI is InChI=1S/C31H33NO9/c1-12-7-6-8-29(2,3)30(12)11-13-18-20(16(34)10-17(40-4)23(18)30)25(41-5)22-19(13)24(35)14-9-15(33)21(28(32)38)26(36)31(14,39)27(22)37/h7,10,14,24,33-35,39H,6,8-9,11H2,1-5H3,(H2,32,38)/t14-,24+,30+,31-/m0/s1. The molecule has 2 aromatic rings. The molecule has 6 N–H and O–H groups in total. The molecule has 4 aliphatic carbocycles. The van der Waals surface area contributed by atoms with Gasteiger partial charge in [0.1, 0.15) is 28.6 Å². The highest BCUT2D eigenvalue weighted by molar-refractivity contribution is 6.33. The monoisotopic (exact) mass is 563 g/mol. The highest BCUT2D eigenvalue weighted by Crippen LogP contribution is 2.66. The van der Waals surface area contributed by atoms with Crippen LogP contribution in [0, 0.1) is 11.3 Å². The zero-order chi connectivity index (χ0) is 30.0. The third kappa shape index (κ3) is 2.96. The van der Waals surface area contributed by atoms with Crippen LogP contribution in [0.25, 0.3) is 10.8 Å². The van der Waals surface area contributed by atoms with E-state index in [1.165, 1.54) is 20.3 Å². The van der Waals surface area contributed by atoms with Crippen LogP contribution in [0.5, 0.6) is 17.2 Å². The first-order valence-corrected chi connectivity index (χ1v) is 13.6. The van der Waals surface area contributed by atoms with Gasteiger partial charge in [-0.2, -0.15) is 0 Å². The number of hydrogen-bond acceptors (Lipinski definition) is 9. The lowest BCUT2D eigenvalue weighted by Gasteiger charge is -2.49. The SMILES string of the molecule is COc1cc(O)c2c(OC)c3c(c4c2c1[C@@]1(C4)C(C)=CCCC1(C)C)[C@H](O)[C@@H]1CC(O)=C(C(N)=O)C(=O)[C@]1(O)C3=O. The highest BCUT2D eigenvalue weighted by atomic mass is 16.5. The summed E-state index contributed by atoms with van der Waals surface area (Å²) in [5.41, 5.74) is 2.97. The van der Waals surface area contributed by atoms with Crippen molar-refractivity contribution in [3.05, 3.63) is 51.3 Å². The Morgan fingerprint density at radius 3 is 2.37 bits per heavy atom. The van der Waals surface area contributed by atoms with E-state index in [0.29, 0.717) is 23.1 Å². The van der Waals surface area contributed by atoms with Gasteiger partial charge in [-0.15, -0.1) is 0 Å². The van der Waals surface area contributed by atoms with E-state index < -0.39 is 58.3 Å². The molecule has 0 aliphatic heterocycles. The number of allylic oxidation sites excluding steroid dienone is 3. The van der Waals surface area contributed by atoms with Crippen molar-refractivity contribution in [2.75, 3.05) is 14.2 Å². The fourth-order valence-corrected chi connectivity index (χ4v) is 8.28. The number of methoxy groups -OCH3 is 2. The van der Waals surface area contributed by atoms with E-state index in [1.54, 1.807) is 0 Å². The Bertz CT molecular complexity index is 1680. The molecule has 4 aliphatic rings. The van der Waals surface area contributed by atoms with E-state index in [9.17, 15) is 34.8 Å². The molecule has 0 saturated carbocycles. The van der Waals surface area contributed by atoms with Crippen LogP contribution in [0.15, 0.2) is 29.0 Å². The number of carbonyl (C=O) groups excluding carboxylic acids is 3. The third-order valence-electron chi connectivity index (χ3n) is 10.3. The van der Waals surface area contributed by atoms with Crippen LogP contribution in [-0.2, 0) is 21.4 Å². The quantitative estimate of drug-likeness (QED) is 0.213. The first-order valence-electron chi connectivity index (χ1n) is 13.6. The molecule has 0 fully saturated rings. The third-order valence-corrected chi connectivity index (χ3v) is 10.3. The van der Waals surface area contributed by atoms with Crippen LogP contribution < -0.4 is 15.2 Å².